The zero-order valence-electron chi connectivity index (χ0n) is 12.2. The van der Waals surface area contributed by atoms with Gasteiger partial charge in [-0.25, -0.2) is 0 Å². The van der Waals surface area contributed by atoms with E-state index in [9.17, 15) is 4.79 Å². The van der Waals surface area contributed by atoms with Crippen molar-refractivity contribution in [1.82, 2.24) is 5.32 Å². The van der Waals surface area contributed by atoms with Gasteiger partial charge in [0.1, 0.15) is 0 Å². The fourth-order valence-electron chi connectivity index (χ4n) is 1.90. The van der Waals surface area contributed by atoms with E-state index in [2.05, 4.69) is 18.0 Å². The Labute approximate surface area is 108 Å². The first kappa shape index (κ1) is 18.8. The second kappa shape index (κ2) is 15.4. The summed E-state index contributed by atoms with van der Waals surface area (Å²) in [5, 5.41) is 3.01. The van der Waals surface area contributed by atoms with E-state index in [1.807, 2.05) is 13.8 Å². The normalized spacial score (nSPS) is 14.9. The van der Waals surface area contributed by atoms with Crippen LogP contribution in [-0.2, 0) is 4.79 Å². The van der Waals surface area contributed by atoms with Crippen LogP contribution in [0, 0.1) is 5.92 Å². The van der Waals surface area contributed by atoms with Gasteiger partial charge in [0.25, 0.3) is 0 Å². The lowest BCUT2D eigenvalue weighted by Gasteiger charge is -2.20. The molecule has 3 heteroatoms. The monoisotopic (exact) mass is 244 g/mol. The third-order valence-electron chi connectivity index (χ3n) is 2.81. The van der Waals surface area contributed by atoms with Crippen molar-refractivity contribution in [3.8, 4) is 0 Å². The lowest BCUT2D eigenvalue weighted by molar-refractivity contribution is -0.125. The molecule has 0 unspecified atom stereocenters. The van der Waals surface area contributed by atoms with Gasteiger partial charge in [-0.3, -0.25) is 4.79 Å². The van der Waals surface area contributed by atoms with Crippen LogP contribution in [0.2, 0.25) is 0 Å². The zero-order chi connectivity index (χ0) is 13.5. The molecule has 1 amide bonds. The van der Waals surface area contributed by atoms with Crippen molar-refractivity contribution in [1.29, 1.82) is 0 Å². The highest BCUT2D eigenvalue weighted by Gasteiger charge is 2.19. The summed E-state index contributed by atoms with van der Waals surface area (Å²) in [4.78, 5) is 11.6. The van der Waals surface area contributed by atoms with E-state index in [0.29, 0.717) is 11.8 Å². The molecule has 1 aliphatic rings. The third-order valence-corrected chi connectivity index (χ3v) is 2.81. The van der Waals surface area contributed by atoms with Crippen molar-refractivity contribution in [3.63, 3.8) is 0 Å². The summed E-state index contributed by atoms with van der Waals surface area (Å²) in [6.45, 7) is 7.01. The minimum atomic E-state index is 0.299. The van der Waals surface area contributed by atoms with Gasteiger partial charge in [0.2, 0.25) is 5.91 Å². The first-order valence-corrected chi connectivity index (χ1v) is 7.20. The number of unbranched alkanes of at least 4 members (excludes halogenated alkanes) is 1. The SMILES string of the molecule is CC.CCCCNC(=O)C1CCCCC1.CN. The number of nitrogens with two attached hydrogens (primary N) is 1. The Morgan fingerprint density at radius 2 is 1.71 bits per heavy atom. The van der Waals surface area contributed by atoms with E-state index in [1.54, 1.807) is 0 Å². The quantitative estimate of drug-likeness (QED) is 0.747. The summed E-state index contributed by atoms with van der Waals surface area (Å²) in [5.41, 5.74) is 4.50. The summed E-state index contributed by atoms with van der Waals surface area (Å²) in [6, 6.07) is 0. The average Bonchev–Trinajstić information content (AvgIpc) is 2.44. The molecule has 1 fully saturated rings. The summed E-state index contributed by atoms with van der Waals surface area (Å²) < 4.78 is 0. The molecular weight excluding hydrogens is 212 g/mol. The van der Waals surface area contributed by atoms with Crippen LogP contribution in [-0.4, -0.2) is 19.5 Å². The molecule has 0 spiro atoms. The Morgan fingerprint density at radius 3 is 2.18 bits per heavy atom. The molecule has 0 heterocycles. The number of rotatable bonds is 4. The van der Waals surface area contributed by atoms with Crippen molar-refractivity contribution in [3.05, 3.63) is 0 Å². The molecular formula is C14H32N2O. The van der Waals surface area contributed by atoms with Crippen LogP contribution >= 0.6 is 0 Å². The standard InChI is InChI=1S/C11H21NO.C2H6.CH5N/c1-2-3-9-12-11(13)10-7-5-4-6-8-10;2*1-2/h10H,2-9H2,1H3,(H,12,13);1-2H3;2H2,1H3. The van der Waals surface area contributed by atoms with E-state index in [1.165, 1.54) is 26.3 Å². The maximum absolute atomic E-state index is 11.6. The fourth-order valence-corrected chi connectivity index (χ4v) is 1.90. The van der Waals surface area contributed by atoms with E-state index in [-0.39, 0.29) is 0 Å². The molecule has 1 saturated carbocycles. The van der Waals surface area contributed by atoms with Crippen molar-refractivity contribution in [2.45, 2.75) is 65.7 Å². The molecule has 0 bridgehead atoms. The minimum Gasteiger partial charge on any atom is -0.356 e. The predicted octanol–water partition coefficient (Wildman–Crippen LogP) is 3.08. The number of nitrogens with one attached hydrogen (secondary N) is 1. The van der Waals surface area contributed by atoms with Crippen molar-refractivity contribution in [2.24, 2.45) is 11.7 Å². The molecule has 0 atom stereocenters. The van der Waals surface area contributed by atoms with Crippen LogP contribution in [0.1, 0.15) is 65.7 Å². The first-order chi connectivity index (χ1) is 8.34. The highest BCUT2D eigenvalue weighted by molar-refractivity contribution is 5.78. The van der Waals surface area contributed by atoms with Gasteiger partial charge in [0.05, 0.1) is 0 Å². The number of carbonyl (C=O) groups excluding carboxylic acids is 1. The van der Waals surface area contributed by atoms with E-state index in [0.717, 1.165) is 32.2 Å². The van der Waals surface area contributed by atoms with E-state index < -0.39 is 0 Å². The Kier molecular flexibility index (Phi) is 17.1. The molecule has 0 radical (unpaired) electrons. The number of hydrogen-bond donors (Lipinski definition) is 2. The van der Waals surface area contributed by atoms with Gasteiger partial charge in [0.15, 0.2) is 0 Å². The summed E-state index contributed by atoms with van der Waals surface area (Å²) in [6.07, 6.45) is 8.29. The topological polar surface area (TPSA) is 55.1 Å². The maximum Gasteiger partial charge on any atom is 0.223 e. The molecule has 0 aliphatic heterocycles. The van der Waals surface area contributed by atoms with Crippen molar-refractivity contribution < 1.29 is 4.79 Å². The number of carbonyl (C=O) groups is 1. The lowest BCUT2D eigenvalue weighted by Crippen LogP contribution is -2.32. The molecule has 0 aromatic carbocycles. The Hall–Kier alpha value is -0.570. The molecule has 3 N–H and O–H groups in total. The number of hydrogen-bond acceptors (Lipinski definition) is 2. The summed E-state index contributed by atoms with van der Waals surface area (Å²) in [7, 11) is 1.50. The Bertz CT molecular complexity index is 154. The van der Waals surface area contributed by atoms with Crippen LogP contribution < -0.4 is 11.1 Å². The molecule has 3 nitrogen and oxygen atoms in total. The Morgan fingerprint density at radius 1 is 1.18 bits per heavy atom. The zero-order valence-corrected chi connectivity index (χ0v) is 12.2. The molecule has 0 saturated heterocycles. The first-order valence-electron chi connectivity index (χ1n) is 7.20. The summed E-state index contributed by atoms with van der Waals surface area (Å²) in [5.74, 6) is 0.624. The molecule has 1 rings (SSSR count). The highest BCUT2D eigenvalue weighted by Crippen LogP contribution is 2.23. The average molecular weight is 244 g/mol. The smallest absolute Gasteiger partial charge is 0.223 e. The molecule has 17 heavy (non-hydrogen) atoms. The number of amides is 1. The highest BCUT2D eigenvalue weighted by atomic mass is 16.1. The largest absolute Gasteiger partial charge is 0.356 e. The fraction of sp³-hybridized carbons (Fsp3) is 0.929. The summed E-state index contributed by atoms with van der Waals surface area (Å²) >= 11 is 0. The van der Waals surface area contributed by atoms with Gasteiger partial charge in [-0.1, -0.05) is 46.5 Å². The van der Waals surface area contributed by atoms with Crippen LogP contribution in [0.4, 0.5) is 0 Å². The van der Waals surface area contributed by atoms with Gasteiger partial charge in [0, 0.05) is 12.5 Å². The second-order valence-corrected chi connectivity index (χ2v) is 3.98. The molecule has 1 aliphatic carbocycles. The third kappa shape index (κ3) is 10.3. The predicted molar refractivity (Wildman–Crippen MR) is 76.0 cm³/mol. The Balaban J connectivity index is 0. The van der Waals surface area contributed by atoms with Gasteiger partial charge in [-0.15, -0.1) is 0 Å². The van der Waals surface area contributed by atoms with Crippen LogP contribution in [0.5, 0.6) is 0 Å². The molecule has 0 aromatic rings. The van der Waals surface area contributed by atoms with Crippen LogP contribution in [0.15, 0.2) is 0 Å². The maximum atomic E-state index is 11.6. The second-order valence-electron chi connectivity index (χ2n) is 3.98. The lowest BCUT2D eigenvalue weighted by atomic mass is 9.89. The van der Waals surface area contributed by atoms with E-state index in [4.69, 9.17) is 0 Å². The molecule has 0 aromatic heterocycles. The van der Waals surface area contributed by atoms with Gasteiger partial charge >= 0.3 is 0 Å². The van der Waals surface area contributed by atoms with Gasteiger partial charge in [-0.05, 0) is 26.3 Å². The van der Waals surface area contributed by atoms with Gasteiger partial charge < -0.3 is 11.1 Å². The van der Waals surface area contributed by atoms with Crippen molar-refractivity contribution in [2.75, 3.05) is 13.6 Å². The van der Waals surface area contributed by atoms with E-state index >= 15 is 0 Å². The van der Waals surface area contributed by atoms with Gasteiger partial charge in [-0.2, -0.15) is 0 Å². The van der Waals surface area contributed by atoms with Crippen molar-refractivity contribution >= 4 is 5.91 Å². The van der Waals surface area contributed by atoms with Crippen LogP contribution in [0.3, 0.4) is 0 Å². The molecule has 104 valence electrons. The minimum absolute atomic E-state index is 0.299. The van der Waals surface area contributed by atoms with Crippen LogP contribution in [0.25, 0.3) is 0 Å².